The number of hydrogen-bond donors (Lipinski definition) is 1. The van der Waals surface area contributed by atoms with Crippen molar-refractivity contribution in [1.29, 1.82) is 0 Å². The molecule has 1 aromatic rings. The Morgan fingerprint density at radius 3 is 2.83 bits per heavy atom. The van der Waals surface area contributed by atoms with Crippen molar-refractivity contribution < 1.29 is 4.79 Å². The summed E-state index contributed by atoms with van der Waals surface area (Å²) in [6.45, 7) is 7.57. The predicted molar refractivity (Wildman–Crippen MR) is 109 cm³/mol. The first kappa shape index (κ1) is 19.7. The van der Waals surface area contributed by atoms with Crippen molar-refractivity contribution in [3.05, 3.63) is 29.3 Å². The number of carbonyl (C=O) groups excluding carboxylic acids is 1. The van der Waals surface area contributed by atoms with Gasteiger partial charge in [-0.2, -0.15) is 23.5 Å². The largest absolute Gasteiger partial charge is 0.326 e. The molecule has 0 spiro atoms. The molecule has 0 aromatic heterocycles. The molecule has 24 heavy (non-hydrogen) atoms. The molecule has 1 saturated heterocycles. The maximum atomic E-state index is 12.2. The zero-order chi connectivity index (χ0) is 17.2. The second kappa shape index (κ2) is 11.1. The fourth-order valence-corrected chi connectivity index (χ4v) is 4.65. The summed E-state index contributed by atoms with van der Waals surface area (Å²) in [7, 11) is 0. The van der Waals surface area contributed by atoms with Crippen LogP contribution in [0.3, 0.4) is 0 Å². The molecule has 1 N–H and O–H groups in total. The van der Waals surface area contributed by atoms with Crippen molar-refractivity contribution in [2.45, 2.75) is 39.7 Å². The van der Waals surface area contributed by atoms with Crippen LogP contribution >= 0.6 is 23.5 Å². The van der Waals surface area contributed by atoms with Gasteiger partial charge in [-0.25, -0.2) is 0 Å². The molecule has 0 saturated carbocycles. The summed E-state index contributed by atoms with van der Waals surface area (Å²) in [5.74, 6) is 4.66. The summed E-state index contributed by atoms with van der Waals surface area (Å²) >= 11 is 3.91. The number of aryl methyl sites for hydroxylation is 1. The monoisotopic (exact) mass is 366 g/mol. The normalized spacial score (nSPS) is 15.4. The molecule has 0 unspecified atom stereocenters. The second-order valence-corrected chi connectivity index (χ2v) is 8.75. The van der Waals surface area contributed by atoms with Gasteiger partial charge in [-0.1, -0.05) is 25.5 Å². The third kappa shape index (κ3) is 7.08. The van der Waals surface area contributed by atoms with Crippen molar-refractivity contribution in [3.63, 3.8) is 0 Å². The van der Waals surface area contributed by atoms with E-state index in [1.54, 1.807) is 0 Å². The molecule has 1 aliphatic heterocycles. The van der Waals surface area contributed by atoms with E-state index in [0.717, 1.165) is 42.4 Å². The number of hydrogen-bond acceptors (Lipinski definition) is 4. The first-order chi connectivity index (χ1) is 11.7. The summed E-state index contributed by atoms with van der Waals surface area (Å²) < 4.78 is 0. The Morgan fingerprint density at radius 1 is 1.29 bits per heavy atom. The lowest BCUT2D eigenvalue weighted by Gasteiger charge is -2.26. The van der Waals surface area contributed by atoms with Gasteiger partial charge >= 0.3 is 0 Å². The highest BCUT2D eigenvalue weighted by Gasteiger charge is 2.12. The summed E-state index contributed by atoms with van der Waals surface area (Å²) in [5, 5.41) is 3.10. The van der Waals surface area contributed by atoms with Gasteiger partial charge in [0.15, 0.2) is 0 Å². The number of nitrogens with zero attached hydrogens (tertiary/aromatic N) is 1. The Hall–Kier alpha value is -0.650. The highest BCUT2D eigenvalue weighted by molar-refractivity contribution is 7.99. The van der Waals surface area contributed by atoms with Gasteiger partial charge in [0.25, 0.3) is 0 Å². The Balaban J connectivity index is 1.82. The molecule has 0 atom stereocenters. The zero-order valence-corrected chi connectivity index (χ0v) is 16.6. The number of rotatable bonds is 9. The molecular weight excluding hydrogens is 336 g/mol. The van der Waals surface area contributed by atoms with Crippen LogP contribution in [0.1, 0.15) is 37.3 Å². The predicted octanol–water partition coefficient (Wildman–Crippen LogP) is 4.41. The molecule has 3 nitrogen and oxygen atoms in total. The third-order valence-corrected chi connectivity index (χ3v) is 6.21. The van der Waals surface area contributed by atoms with Gasteiger partial charge in [-0.15, -0.1) is 0 Å². The van der Waals surface area contributed by atoms with Gasteiger partial charge in [0.05, 0.1) is 0 Å². The molecule has 0 radical (unpaired) electrons. The van der Waals surface area contributed by atoms with E-state index in [9.17, 15) is 4.79 Å². The van der Waals surface area contributed by atoms with Gasteiger partial charge in [-0.3, -0.25) is 9.69 Å². The molecule has 1 aromatic carbocycles. The minimum Gasteiger partial charge on any atom is -0.326 e. The van der Waals surface area contributed by atoms with Crippen molar-refractivity contribution in [1.82, 2.24) is 4.90 Å². The summed E-state index contributed by atoms with van der Waals surface area (Å²) in [6, 6.07) is 6.46. The minimum atomic E-state index is 0.133. The number of unbranched alkanes of at least 4 members (excludes halogenated alkanes) is 1. The van der Waals surface area contributed by atoms with Crippen molar-refractivity contribution >= 4 is 35.1 Å². The van der Waals surface area contributed by atoms with Crippen LogP contribution in [-0.4, -0.2) is 46.9 Å². The number of amides is 1. The van der Waals surface area contributed by atoms with E-state index in [-0.39, 0.29) is 5.91 Å². The van der Waals surface area contributed by atoms with Gasteiger partial charge in [0.1, 0.15) is 0 Å². The number of anilines is 1. The van der Waals surface area contributed by atoms with E-state index in [1.165, 1.54) is 29.9 Å². The molecule has 134 valence electrons. The van der Waals surface area contributed by atoms with Crippen LogP contribution in [0.25, 0.3) is 0 Å². The number of carbonyl (C=O) groups is 1. The maximum Gasteiger partial charge on any atom is 0.225 e. The highest BCUT2D eigenvalue weighted by Crippen LogP contribution is 2.20. The average Bonchev–Trinajstić information content (AvgIpc) is 2.59. The van der Waals surface area contributed by atoms with Gasteiger partial charge in [-0.05, 0) is 36.3 Å². The smallest absolute Gasteiger partial charge is 0.225 e. The molecule has 1 amide bonds. The number of benzene rings is 1. The Kier molecular flexibility index (Phi) is 9.07. The van der Waals surface area contributed by atoms with Crippen molar-refractivity contribution in [3.8, 4) is 0 Å². The van der Waals surface area contributed by atoms with E-state index in [2.05, 4.69) is 42.3 Å². The van der Waals surface area contributed by atoms with Crippen LogP contribution in [0, 0.1) is 6.92 Å². The fourth-order valence-electron chi connectivity index (χ4n) is 2.65. The first-order valence-corrected chi connectivity index (χ1v) is 11.3. The summed E-state index contributed by atoms with van der Waals surface area (Å²) in [5.41, 5.74) is 3.41. The zero-order valence-electron chi connectivity index (χ0n) is 15.0. The molecule has 0 bridgehead atoms. The van der Waals surface area contributed by atoms with Gasteiger partial charge in [0, 0.05) is 49.0 Å². The third-order valence-electron chi connectivity index (χ3n) is 4.20. The molecule has 1 aliphatic rings. The number of thioether (sulfide) groups is 2. The molecule has 1 heterocycles. The van der Waals surface area contributed by atoms with Crippen LogP contribution in [0.5, 0.6) is 0 Å². The topological polar surface area (TPSA) is 32.3 Å². The van der Waals surface area contributed by atoms with Crippen molar-refractivity contribution in [2.75, 3.05) is 41.4 Å². The SMILES string of the molecule is CCCCSCCC(=O)Nc1cc(CN2CCSCC2)ccc1C. The summed E-state index contributed by atoms with van der Waals surface area (Å²) in [6.07, 6.45) is 3.06. The lowest BCUT2D eigenvalue weighted by atomic mass is 10.1. The van der Waals surface area contributed by atoms with E-state index < -0.39 is 0 Å². The standard InChI is InChI=1S/C19H30N2OS2/c1-3-4-10-23-11-7-19(22)20-18-14-17(6-5-16(18)2)15-21-8-12-24-13-9-21/h5-6,14H,3-4,7-13,15H2,1-2H3,(H,20,22). The van der Waals surface area contributed by atoms with Crippen LogP contribution < -0.4 is 5.32 Å². The van der Waals surface area contributed by atoms with Crippen LogP contribution in [0.4, 0.5) is 5.69 Å². The lowest BCUT2D eigenvalue weighted by Crippen LogP contribution is -2.32. The summed E-state index contributed by atoms with van der Waals surface area (Å²) in [4.78, 5) is 14.7. The highest BCUT2D eigenvalue weighted by atomic mass is 32.2. The van der Waals surface area contributed by atoms with Crippen molar-refractivity contribution in [2.24, 2.45) is 0 Å². The quantitative estimate of drug-likeness (QED) is 0.656. The molecular formula is C19H30N2OS2. The van der Waals surface area contributed by atoms with Crippen LogP contribution in [0.15, 0.2) is 18.2 Å². The molecule has 1 fully saturated rings. The van der Waals surface area contributed by atoms with E-state index in [1.807, 2.05) is 23.5 Å². The molecule has 5 heteroatoms. The maximum absolute atomic E-state index is 12.2. The van der Waals surface area contributed by atoms with Crippen LogP contribution in [-0.2, 0) is 11.3 Å². The molecule has 0 aliphatic carbocycles. The minimum absolute atomic E-state index is 0.133. The Labute approximate surface area is 155 Å². The second-order valence-electron chi connectivity index (χ2n) is 6.30. The van der Waals surface area contributed by atoms with Gasteiger partial charge < -0.3 is 5.32 Å². The average molecular weight is 367 g/mol. The van der Waals surface area contributed by atoms with E-state index >= 15 is 0 Å². The Morgan fingerprint density at radius 2 is 2.08 bits per heavy atom. The first-order valence-electron chi connectivity index (χ1n) is 8.96. The van der Waals surface area contributed by atoms with E-state index in [4.69, 9.17) is 0 Å². The number of nitrogens with one attached hydrogen (secondary N) is 1. The van der Waals surface area contributed by atoms with Crippen LogP contribution in [0.2, 0.25) is 0 Å². The van der Waals surface area contributed by atoms with Gasteiger partial charge in [0.2, 0.25) is 5.91 Å². The fraction of sp³-hybridized carbons (Fsp3) is 0.632. The molecule has 2 rings (SSSR count). The lowest BCUT2D eigenvalue weighted by molar-refractivity contribution is -0.115. The Bertz CT molecular complexity index is 516. The van der Waals surface area contributed by atoms with E-state index in [0.29, 0.717) is 6.42 Å².